The highest BCUT2D eigenvalue weighted by atomic mass is 16.5. The lowest BCUT2D eigenvalue weighted by Crippen LogP contribution is -1.94. The lowest BCUT2D eigenvalue weighted by Gasteiger charge is -2.09. The first-order chi connectivity index (χ1) is 12.7. The van der Waals surface area contributed by atoms with Gasteiger partial charge in [0.2, 0.25) is 0 Å². The molecule has 1 heterocycles. The molecular weight excluding hydrogens is 332 g/mol. The lowest BCUT2D eigenvalue weighted by atomic mass is 10.1. The topological polar surface area (TPSA) is 50.1 Å². The summed E-state index contributed by atoms with van der Waals surface area (Å²) in [6.07, 6.45) is 6.69. The molecule has 0 atom stereocenters. The summed E-state index contributed by atoms with van der Waals surface area (Å²) >= 11 is 0. The molecule has 0 saturated heterocycles. The molecule has 5 nitrogen and oxygen atoms in total. The molecule has 5 heteroatoms. The van der Waals surface area contributed by atoms with Gasteiger partial charge in [-0.15, -0.1) is 0 Å². The number of hydrogen-bond donors (Lipinski definition) is 0. The number of benzene rings is 1. The number of rotatable bonds is 6. The Labute approximate surface area is 153 Å². The van der Waals surface area contributed by atoms with Gasteiger partial charge in [-0.2, -0.15) is 0 Å². The number of allylic oxidation sites excluding steroid dienone is 4. The molecule has 0 radical (unpaired) electrons. The number of furan rings is 1. The van der Waals surface area contributed by atoms with Crippen LogP contribution in [0.2, 0.25) is 0 Å². The Morgan fingerprint density at radius 1 is 0.731 bits per heavy atom. The van der Waals surface area contributed by atoms with Crippen LogP contribution in [0, 0.1) is 0 Å². The average Bonchev–Trinajstić information content (AvgIpc) is 3.08. The van der Waals surface area contributed by atoms with Crippen LogP contribution in [-0.4, -0.2) is 28.4 Å². The van der Waals surface area contributed by atoms with Gasteiger partial charge in [-0.3, -0.25) is 0 Å². The molecule has 0 saturated carbocycles. The van der Waals surface area contributed by atoms with Crippen molar-refractivity contribution in [3.63, 3.8) is 0 Å². The second-order valence-electron chi connectivity index (χ2n) is 5.61. The second-order valence-corrected chi connectivity index (χ2v) is 5.61. The molecule has 0 bridgehead atoms. The van der Waals surface area contributed by atoms with E-state index in [9.17, 15) is 0 Å². The van der Waals surface area contributed by atoms with Crippen molar-refractivity contribution in [3.05, 3.63) is 65.8 Å². The number of hydrogen-bond acceptors (Lipinski definition) is 5. The maximum absolute atomic E-state index is 6.07. The molecule has 136 valence electrons. The fraction of sp³-hybridized carbons (Fsp3) is 0.238. The molecular formula is C21H22O5. The lowest BCUT2D eigenvalue weighted by molar-refractivity contribution is 0.220. The Morgan fingerprint density at radius 2 is 1.46 bits per heavy atom. The van der Waals surface area contributed by atoms with E-state index < -0.39 is 0 Å². The molecule has 26 heavy (non-hydrogen) atoms. The highest BCUT2D eigenvalue weighted by Gasteiger charge is 2.15. The van der Waals surface area contributed by atoms with Gasteiger partial charge in [0.1, 0.15) is 11.5 Å². The summed E-state index contributed by atoms with van der Waals surface area (Å²) < 4.78 is 27.5. The van der Waals surface area contributed by atoms with Gasteiger partial charge in [0, 0.05) is 11.1 Å². The van der Waals surface area contributed by atoms with Crippen molar-refractivity contribution in [1.29, 1.82) is 0 Å². The first-order valence-corrected chi connectivity index (χ1v) is 8.23. The fourth-order valence-electron chi connectivity index (χ4n) is 2.82. The van der Waals surface area contributed by atoms with E-state index in [0.717, 1.165) is 29.1 Å². The largest absolute Gasteiger partial charge is 0.493 e. The third kappa shape index (κ3) is 3.47. The number of ether oxygens (including phenoxy) is 4. The number of methoxy groups -OCH3 is 4. The molecule has 1 aliphatic rings. The minimum atomic E-state index is 0.659. The van der Waals surface area contributed by atoms with Crippen LogP contribution in [0.1, 0.15) is 12.2 Å². The van der Waals surface area contributed by atoms with Crippen LogP contribution in [0.5, 0.6) is 11.5 Å². The minimum Gasteiger partial charge on any atom is -0.493 e. The maximum Gasteiger partial charge on any atom is 0.161 e. The summed E-state index contributed by atoms with van der Waals surface area (Å²) in [5, 5.41) is 0. The van der Waals surface area contributed by atoms with E-state index in [-0.39, 0.29) is 0 Å². The summed E-state index contributed by atoms with van der Waals surface area (Å²) in [4.78, 5) is 0. The van der Waals surface area contributed by atoms with E-state index in [0.29, 0.717) is 23.0 Å². The van der Waals surface area contributed by atoms with Gasteiger partial charge < -0.3 is 23.4 Å². The Kier molecular flexibility index (Phi) is 5.37. The highest BCUT2D eigenvalue weighted by molar-refractivity contribution is 5.75. The predicted octanol–water partition coefficient (Wildman–Crippen LogP) is 4.81. The first kappa shape index (κ1) is 17.7. The van der Waals surface area contributed by atoms with Crippen molar-refractivity contribution in [2.24, 2.45) is 0 Å². The van der Waals surface area contributed by atoms with E-state index in [2.05, 4.69) is 6.08 Å². The molecule has 1 aromatic carbocycles. The van der Waals surface area contributed by atoms with Gasteiger partial charge in [-0.1, -0.05) is 6.08 Å². The SMILES string of the molecule is COC1=CCC=C(c2ccc(-c3ccc(OC)c(OC)c3)o2)C=C1OC. The Bertz CT molecular complexity index is 870. The van der Waals surface area contributed by atoms with Crippen LogP contribution in [0.4, 0.5) is 0 Å². The standard InChI is InChI=1S/C21H22O5/c1-22-18-7-5-6-14(12-20(18)24-3)16-10-11-17(26-16)15-8-9-19(23-2)21(13-15)25-4/h6-13H,5H2,1-4H3. The van der Waals surface area contributed by atoms with Gasteiger partial charge in [0.05, 0.1) is 28.4 Å². The Morgan fingerprint density at radius 3 is 2.15 bits per heavy atom. The molecule has 0 N–H and O–H groups in total. The third-order valence-electron chi connectivity index (χ3n) is 4.17. The van der Waals surface area contributed by atoms with Crippen LogP contribution in [0.3, 0.4) is 0 Å². The second kappa shape index (κ2) is 7.87. The molecule has 1 aliphatic carbocycles. The molecule has 0 amide bonds. The van der Waals surface area contributed by atoms with E-state index in [1.165, 1.54) is 0 Å². The molecule has 2 aromatic rings. The molecule has 1 aromatic heterocycles. The summed E-state index contributed by atoms with van der Waals surface area (Å²) in [7, 11) is 6.48. The molecule has 3 rings (SSSR count). The zero-order valence-corrected chi connectivity index (χ0v) is 15.4. The summed E-state index contributed by atoms with van der Waals surface area (Å²) in [5.74, 6) is 4.23. The quantitative estimate of drug-likeness (QED) is 0.745. The molecule has 0 spiro atoms. The summed E-state index contributed by atoms with van der Waals surface area (Å²) in [5.41, 5.74) is 1.85. The van der Waals surface area contributed by atoms with Gasteiger partial charge in [-0.05, 0) is 48.9 Å². The highest BCUT2D eigenvalue weighted by Crippen LogP contribution is 2.35. The van der Waals surface area contributed by atoms with E-state index in [4.69, 9.17) is 23.4 Å². The van der Waals surface area contributed by atoms with Crippen LogP contribution in [0.15, 0.2) is 64.5 Å². The van der Waals surface area contributed by atoms with Crippen molar-refractivity contribution in [3.8, 4) is 22.8 Å². The van der Waals surface area contributed by atoms with E-state index in [1.807, 2.05) is 42.5 Å². The third-order valence-corrected chi connectivity index (χ3v) is 4.17. The van der Waals surface area contributed by atoms with Gasteiger partial charge in [-0.25, -0.2) is 0 Å². The van der Waals surface area contributed by atoms with Gasteiger partial charge in [0.15, 0.2) is 23.0 Å². The maximum atomic E-state index is 6.07. The van der Waals surface area contributed by atoms with Gasteiger partial charge in [0.25, 0.3) is 0 Å². The van der Waals surface area contributed by atoms with Crippen molar-refractivity contribution in [2.75, 3.05) is 28.4 Å². The zero-order chi connectivity index (χ0) is 18.5. The smallest absolute Gasteiger partial charge is 0.161 e. The molecule has 0 unspecified atom stereocenters. The summed E-state index contributed by atoms with van der Waals surface area (Å²) in [6.45, 7) is 0. The molecule has 0 fully saturated rings. The molecule has 0 aliphatic heterocycles. The minimum absolute atomic E-state index is 0.659. The van der Waals surface area contributed by atoms with Crippen molar-refractivity contribution in [2.45, 2.75) is 6.42 Å². The zero-order valence-electron chi connectivity index (χ0n) is 15.4. The van der Waals surface area contributed by atoms with Crippen LogP contribution in [0.25, 0.3) is 16.9 Å². The Hall–Kier alpha value is -3.08. The first-order valence-electron chi connectivity index (χ1n) is 8.23. The fourth-order valence-corrected chi connectivity index (χ4v) is 2.82. The van der Waals surface area contributed by atoms with Crippen LogP contribution in [-0.2, 0) is 9.47 Å². The van der Waals surface area contributed by atoms with Crippen LogP contribution >= 0.6 is 0 Å². The van der Waals surface area contributed by atoms with E-state index >= 15 is 0 Å². The van der Waals surface area contributed by atoms with Crippen molar-refractivity contribution < 1.29 is 23.4 Å². The predicted molar refractivity (Wildman–Crippen MR) is 100 cm³/mol. The monoisotopic (exact) mass is 354 g/mol. The Balaban J connectivity index is 1.92. The average molecular weight is 354 g/mol. The van der Waals surface area contributed by atoms with Gasteiger partial charge >= 0.3 is 0 Å². The van der Waals surface area contributed by atoms with E-state index in [1.54, 1.807) is 28.4 Å². The van der Waals surface area contributed by atoms with Crippen molar-refractivity contribution >= 4 is 5.57 Å². The van der Waals surface area contributed by atoms with Crippen molar-refractivity contribution in [1.82, 2.24) is 0 Å². The van der Waals surface area contributed by atoms with Crippen LogP contribution < -0.4 is 9.47 Å². The summed E-state index contributed by atoms with van der Waals surface area (Å²) in [6, 6.07) is 9.57. The normalized spacial score (nSPS) is 13.9.